The Morgan fingerprint density at radius 1 is 1.38 bits per heavy atom. The van der Waals surface area contributed by atoms with Gasteiger partial charge in [-0.05, 0) is 18.2 Å². The molecule has 1 aromatic carbocycles. The number of nitrogens with two attached hydrogens (primary N) is 1. The van der Waals surface area contributed by atoms with Gasteiger partial charge in [-0.15, -0.1) is 0 Å². The van der Waals surface area contributed by atoms with E-state index in [0.29, 0.717) is 6.54 Å². The number of anilines is 2. The molecule has 0 aliphatic rings. The molecule has 5 nitrogen and oxygen atoms in total. The Bertz CT molecular complexity index is 443. The lowest BCUT2D eigenvalue weighted by atomic mass is 10.2. The number of primary sulfonamides is 1. The van der Waals surface area contributed by atoms with Crippen molar-refractivity contribution in [2.24, 2.45) is 5.14 Å². The van der Waals surface area contributed by atoms with E-state index in [9.17, 15) is 8.42 Å². The highest BCUT2D eigenvalue weighted by molar-refractivity contribution is 7.89. The van der Waals surface area contributed by atoms with E-state index < -0.39 is 10.0 Å². The fraction of sp³-hybridized carbons (Fsp3) is 0.400. The fourth-order valence-electron chi connectivity index (χ4n) is 1.23. The van der Waals surface area contributed by atoms with Crippen LogP contribution in [0.2, 0.25) is 0 Å². The minimum absolute atomic E-state index is 0.0702. The van der Waals surface area contributed by atoms with Crippen molar-refractivity contribution in [2.75, 3.05) is 36.6 Å². The Balaban J connectivity index is 2.58. The monoisotopic (exact) mass is 243 g/mol. The van der Waals surface area contributed by atoms with Crippen molar-refractivity contribution < 1.29 is 8.42 Å². The molecule has 90 valence electrons. The molecule has 6 heteroatoms. The first-order chi connectivity index (χ1) is 7.38. The first-order valence-electron chi connectivity index (χ1n) is 4.90. The quantitative estimate of drug-likeness (QED) is 0.787. The zero-order chi connectivity index (χ0) is 12.2. The van der Waals surface area contributed by atoms with Crippen LogP contribution in [0.1, 0.15) is 0 Å². The second kappa shape index (κ2) is 5.18. The molecule has 3 N–H and O–H groups in total. The molecule has 0 aromatic heterocycles. The maximum Gasteiger partial charge on any atom is 0.210 e. The molecule has 16 heavy (non-hydrogen) atoms. The summed E-state index contributed by atoms with van der Waals surface area (Å²) in [5.74, 6) is -0.0702. The first-order valence-corrected chi connectivity index (χ1v) is 6.62. The summed E-state index contributed by atoms with van der Waals surface area (Å²) >= 11 is 0. The van der Waals surface area contributed by atoms with Crippen molar-refractivity contribution in [1.29, 1.82) is 0 Å². The highest BCUT2D eigenvalue weighted by atomic mass is 32.2. The number of nitrogens with zero attached hydrogens (tertiary/aromatic N) is 1. The smallest absolute Gasteiger partial charge is 0.210 e. The van der Waals surface area contributed by atoms with E-state index in [1.807, 2.05) is 43.3 Å². The first kappa shape index (κ1) is 12.8. The van der Waals surface area contributed by atoms with Crippen molar-refractivity contribution in [3.8, 4) is 0 Å². The molecule has 0 bridgehead atoms. The van der Waals surface area contributed by atoms with Gasteiger partial charge in [-0.3, -0.25) is 0 Å². The lowest BCUT2D eigenvalue weighted by molar-refractivity contribution is 0.598. The van der Waals surface area contributed by atoms with Gasteiger partial charge >= 0.3 is 0 Å². The van der Waals surface area contributed by atoms with Gasteiger partial charge in [0.25, 0.3) is 0 Å². The van der Waals surface area contributed by atoms with Crippen molar-refractivity contribution in [2.45, 2.75) is 0 Å². The summed E-state index contributed by atoms with van der Waals surface area (Å²) in [6.45, 7) is 0.315. The van der Waals surface area contributed by atoms with Crippen molar-refractivity contribution in [3.63, 3.8) is 0 Å². The van der Waals surface area contributed by atoms with Gasteiger partial charge < -0.3 is 10.2 Å². The summed E-state index contributed by atoms with van der Waals surface area (Å²) in [4.78, 5) is 1.98. The van der Waals surface area contributed by atoms with E-state index in [1.54, 1.807) is 0 Å². The number of hydrogen-bond donors (Lipinski definition) is 2. The molecule has 1 aromatic rings. The molecule has 0 saturated heterocycles. The molecular formula is C10H17N3O2S. The highest BCUT2D eigenvalue weighted by Gasteiger charge is 2.02. The second-order valence-electron chi connectivity index (χ2n) is 3.74. The molecule has 0 saturated carbocycles. The molecule has 0 aliphatic carbocycles. The standard InChI is InChI=1S/C10H17N3O2S/c1-13(2)10-5-3-4-9(8-10)12-6-7-16(11,14)15/h3-5,8,12H,6-7H2,1-2H3,(H2,11,14,15). The number of rotatable bonds is 5. The van der Waals surface area contributed by atoms with Gasteiger partial charge in [-0.1, -0.05) is 6.07 Å². The zero-order valence-electron chi connectivity index (χ0n) is 9.47. The van der Waals surface area contributed by atoms with E-state index >= 15 is 0 Å². The van der Waals surface area contributed by atoms with Crippen molar-refractivity contribution in [1.82, 2.24) is 0 Å². The molecule has 0 spiro atoms. The summed E-state index contributed by atoms with van der Waals surface area (Å²) in [5.41, 5.74) is 1.94. The molecule has 0 fully saturated rings. The van der Waals surface area contributed by atoms with Crippen molar-refractivity contribution >= 4 is 21.4 Å². The SMILES string of the molecule is CN(C)c1cccc(NCCS(N)(=O)=O)c1. The second-order valence-corrected chi connectivity index (χ2v) is 5.47. The van der Waals surface area contributed by atoms with Gasteiger partial charge in [0.2, 0.25) is 10.0 Å². The number of nitrogens with one attached hydrogen (secondary N) is 1. The van der Waals surface area contributed by atoms with Gasteiger partial charge in [0.1, 0.15) is 0 Å². The van der Waals surface area contributed by atoms with Gasteiger partial charge in [0, 0.05) is 32.0 Å². The number of benzene rings is 1. The van der Waals surface area contributed by atoms with Crippen LogP contribution in [-0.4, -0.2) is 34.8 Å². The summed E-state index contributed by atoms with van der Waals surface area (Å²) in [6.07, 6.45) is 0. The zero-order valence-corrected chi connectivity index (χ0v) is 10.3. The predicted octanol–water partition coefficient (Wildman–Crippen LogP) is 0.453. The van der Waals surface area contributed by atoms with Crippen molar-refractivity contribution in [3.05, 3.63) is 24.3 Å². The van der Waals surface area contributed by atoms with Gasteiger partial charge in [-0.2, -0.15) is 0 Å². The van der Waals surface area contributed by atoms with E-state index in [-0.39, 0.29) is 5.75 Å². The molecule has 0 heterocycles. The molecule has 1 rings (SSSR count). The maximum atomic E-state index is 10.7. The minimum Gasteiger partial charge on any atom is -0.384 e. The van der Waals surface area contributed by atoms with E-state index in [4.69, 9.17) is 5.14 Å². The molecule has 0 aliphatic heterocycles. The van der Waals surface area contributed by atoms with Gasteiger partial charge in [-0.25, -0.2) is 13.6 Å². The van der Waals surface area contributed by atoms with E-state index in [1.165, 1.54) is 0 Å². The van der Waals surface area contributed by atoms with Crippen LogP contribution in [0.4, 0.5) is 11.4 Å². The Morgan fingerprint density at radius 2 is 2.06 bits per heavy atom. The van der Waals surface area contributed by atoms with Crippen LogP contribution in [-0.2, 0) is 10.0 Å². The van der Waals surface area contributed by atoms with Crippen LogP contribution in [0.5, 0.6) is 0 Å². The third-order valence-corrected chi connectivity index (χ3v) is 2.85. The van der Waals surface area contributed by atoms with E-state index in [2.05, 4.69) is 5.32 Å². The predicted molar refractivity (Wildman–Crippen MR) is 67.2 cm³/mol. The lowest BCUT2D eigenvalue weighted by Gasteiger charge is -2.14. The lowest BCUT2D eigenvalue weighted by Crippen LogP contribution is -2.22. The fourth-order valence-corrected chi connectivity index (χ4v) is 1.62. The largest absolute Gasteiger partial charge is 0.384 e. The molecule has 0 atom stereocenters. The Morgan fingerprint density at radius 3 is 2.62 bits per heavy atom. The highest BCUT2D eigenvalue weighted by Crippen LogP contribution is 2.16. The average molecular weight is 243 g/mol. The normalized spacial score (nSPS) is 11.2. The average Bonchev–Trinajstić information content (AvgIpc) is 2.16. The third-order valence-electron chi connectivity index (χ3n) is 2.08. The molecule has 0 radical (unpaired) electrons. The minimum atomic E-state index is -3.39. The summed E-state index contributed by atoms with van der Waals surface area (Å²) in [5, 5.41) is 7.91. The molecule has 0 unspecified atom stereocenters. The van der Waals surface area contributed by atoms with Gasteiger partial charge in [0.15, 0.2) is 0 Å². The number of hydrogen-bond acceptors (Lipinski definition) is 4. The van der Waals surface area contributed by atoms with Crippen LogP contribution in [0.3, 0.4) is 0 Å². The Kier molecular flexibility index (Phi) is 4.14. The van der Waals surface area contributed by atoms with Crippen LogP contribution in [0, 0.1) is 0 Å². The Labute approximate surface area is 96.3 Å². The summed E-state index contributed by atoms with van der Waals surface area (Å²) in [6, 6.07) is 7.72. The topological polar surface area (TPSA) is 75.4 Å². The number of sulfonamides is 1. The Hall–Kier alpha value is -1.27. The van der Waals surface area contributed by atoms with Crippen LogP contribution in [0.15, 0.2) is 24.3 Å². The maximum absolute atomic E-state index is 10.7. The summed E-state index contributed by atoms with van der Waals surface area (Å²) < 4.78 is 21.5. The van der Waals surface area contributed by atoms with E-state index in [0.717, 1.165) is 11.4 Å². The molecular weight excluding hydrogens is 226 g/mol. The van der Waals surface area contributed by atoms with Crippen LogP contribution < -0.4 is 15.4 Å². The van der Waals surface area contributed by atoms with Gasteiger partial charge in [0.05, 0.1) is 5.75 Å². The molecule has 0 amide bonds. The third kappa shape index (κ3) is 4.50. The van der Waals surface area contributed by atoms with Crippen LogP contribution in [0.25, 0.3) is 0 Å². The summed E-state index contributed by atoms with van der Waals surface area (Å²) in [7, 11) is 0.502. The van der Waals surface area contributed by atoms with Crippen LogP contribution >= 0.6 is 0 Å².